The molecule has 0 aliphatic rings. The molecular formula is C7H4F5NO2S. The molecule has 1 aromatic rings. The van der Waals surface area contributed by atoms with Gasteiger partial charge in [-0.3, -0.25) is 0 Å². The van der Waals surface area contributed by atoms with Crippen molar-refractivity contribution in [3.8, 4) is 0 Å². The van der Waals surface area contributed by atoms with Crippen molar-refractivity contribution in [2.45, 2.75) is 10.4 Å². The Hall–Kier alpha value is -1.38. The predicted octanol–water partition coefficient (Wildman–Crippen LogP) is 1.84. The number of benzene rings is 1. The van der Waals surface area contributed by atoms with Gasteiger partial charge in [-0.2, -0.15) is 13.2 Å². The summed E-state index contributed by atoms with van der Waals surface area (Å²) in [6, 6.07) is 0.302. The van der Waals surface area contributed by atoms with Crippen LogP contribution in [0.5, 0.6) is 0 Å². The second-order valence-electron chi connectivity index (χ2n) is 2.76. The van der Waals surface area contributed by atoms with E-state index in [1.54, 1.807) is 0 Å². The van der Waals surface area contributed by atoms with Crippen LogP contribution < -0.4 is 5.73 Å². The average Bonchev–Trinajstić information content (AvgIpc) is 1.97. The van der Waals surface area contributed by atoms with E-state index < -0.39 is 37.6 Å². The van der Waals surface area contributed by atoms with E-state index in [0.29, 0.717) is 6.07 Å². The molecule has 0 saturated carbocycles. The summed E-state index contributed by atoms with van der Waals surface area (Å²) in [5.41, 5.74) is -1.98. The van der Waals surface area contributed by atoms with E-state index in [1.807, 2.05) is 0 Å². The van der Waals surface area contributed by atoms with Crippen molar-refractivity contribution in [3.63, 3.8) is 0 Å². The number of nitrogens with two attached hydrogens (primary N) is 1. The first-order valence-corrected chi connectivity index (χ1v) is 5.11. The minimum absolute atomic E-state index is 0.00891. The summed E-state index contributed by atoms with van der Waals surface area (Å²) in [7, 11) is -5.92. The summed E-state index contributed by atoms with van der Waals surface area (Å²) in [6.07, 6.45) is 0. The minimum atomic E-state index is -5.92. The first kappa shape index (κ1) is 12.7. The Morgan fingerprint density at radius 1 is 1.12 bits per heavy atom. The van der Waals surface area contributed by atoms with Crippen LogP contribution in [0.15, 0.2) is 17.0 Å². The molecule has 0 bridgehead atoms. The fraction of sp³-hybridized carbons (Fsp3) is 0.143. The Bertz CT molecular complexity index is 499. The third kappa shape index (κ3) is 1.94. The third-order valence-electron chi connectivity index (χ3n) is 1.61. The average molecular weight is 261 g/mol. The molecule has 0 fully saturated rings. The van der Waals surface area contributed by atoms with Crippen molar-refractivity contribution < 1.29 is 30.4 Å². The van der Waals surface area contributed by atoms with Gasteiger partial charge in [0.15, 0.2) is 0 Å². The van der Waals surface area contributed by atoms with Gasteiger partial charge in [-0.25, -0.2) is 17.2 Å². The van der Waals surface area contributed by atoms with Crippen molar-refractivity contribution in [2.75, 3.05) is 5.73 Å². The number of alkyl halides is 3. The molecule has 0 aromatic heterocycles. The highest BCUT2D eigenvalue weighted by molar-refractivity contribution is 7.92. The Morgan fingerprint density at radius 3 is 2.00 bits per heavy atom. The van der Waals surface area contributed by atoms with E-state index >= 15 is 0 Å². The van der Waals surface area contributed by atoms with E-state index in [2.05, 4.69) is 0 Å². The summed E-state index contributed by atoms with van der Waals surface area (Å²) in [6.45, 7) is 0. The molecule has 1 rings (SSSR count). The largest absolute Gasteiger partial charge is 0.502 e. The van der Waals surface area contributed by atoms with Crippen molar-refractivity contribution in [1.29, 1.82) is 0 Å². The van der Waals surface area contributed by atoms with Gasteiger partial charge in [-0.1, -0.05) is 0 Å². The first-order chi connectivity index (χ1) is 7.07. The number of rotatable bonds is 1. The topological polar surface area (TPSA) is 60.2 Å². The second kappa shape index (κ2) is 3.58. The van der Waals surface area contributed by atoms with Crippen LogP contribution in [0.2, 0.25) is 0 Å². The highest BCUT2D eigenvalue weighted by Gasteiger charge is 2.49. The van der Waals surface area contributed by atoms with Crippen LogP contribution in [0, 0.1) is 11.6 Å². The lowest BCUT2D eigenvalue weighted by Crippen LogP contribution is -2.25. The van der Waals surface area contributed by atoms with Gasteiger partial charge < -0.3 is 5.73 Å². The molecular weight excluding hydrogens is 257 g/mol. The van der Waals surface area contributed by atoms with Crippen LogP contribution in [-0.4, -0.2) is 13.9 Å². The maximum absolute atomic E-state index is 12.9. The molecule has 3 nitrogen and oxygen atoms in total. The van der Waals surface area contributed by atoms with Crippen LogP contribution >= 0.6 is 0 Å². The molecule has 2 N–H and O–H groups in total. The molecule has 0 saturated heterocycles. The van der Waals surface area contributed by atoms with Crippen LogP contribution in [-0.2, 0) is 9.84 Å². The summed E-state index contributed by atoms with van der Waals surface area (Å²) in [5.74, 6) is -3.15. The van der Waals surface area contributed by atoms with Crippen LogP contribution in [0.3, 0.4) is 0 Å². The number of nitrogen functional groups attached to an aromatic ring is 1. The van der Waals surface area contributed by atoms with Gasteiger partial charge in [0, 0.05) is 6.07 Å². The van der Waals surface area contributed by atoms with E-state index in [4.69, 9.17) is 5.73 Å². The Labute approximate surface area is 86.6 Å². The van der Waals surface area contributed by atoms with E-state index in [9.17, 15) is 30.4 Å². The van der Waals surface area contributed by atoms with Gasteiger partial charge in [-0.15, -0.1) is 0 Å². The van der Waals surface area contributed by atoms with Crippen LogP contribution in [0.4, 0.5) is 27.6 Å². The molecule has 0 unspecified atom stereocenters. The van der Waals surface area contributed by atoms with Crippen molar-refractivity contribution in [2.24, 2.45) is 0 Å². The SMILES string of the molecule is Nc1cc(F)cc(F)c1S(=O)(=O)C(F)(F)F. The molecule has 0 aliphatic heterocycles. The molecule has 1 aromatic carbocycles. The highest BCUT2D eigenvalue weighted by Crippen LogP contribution is 2.35. The zero-order valence-electron chi connectivity index (χ0n) is 7.35. The van der Waals surface area contributed by atoms with Gasteiger partial charge in [0.05, 0.1) is 5.69 Å². The van der Waals surface area contributed by atoms with Crippen molar-refractivity contribution in [1.82, 2.24) is 0 Å². The van der Waals surface area contributed by atoms with Crippen molar-refractivity contribution in [3.05, 3.63) is 23.8 Å². The predicted molar refractivity (Wildman–Crippen MR) is 44.0 cm³/mol. The number of anilines is 1. The first-order valence-electron chi connectivity index (χ1n) is 3.63. The molecule has 90 valence electrons. The fourth-order valence-electron chi connectivity index (χ4n) is 0.980. The normalized spacial score (nSPS) is 12.8. The number of hydrogen-bond acceptors (Lipinski definition) is 3. The Kier molecular flexibility index (Phi) is 2.84. The summed E-state index contributed by atoms with van der Waals surface area (Å²) >= 11 is 0. The lowest BCUT2D eigenvalue weighted by atomic mass is 10.3. The Balaban J connectivity index is 3.59. The molecule has 0 heterocycles. The standard InChI is InChI=1S/C7H4F5NO2S/c8-3-1-4(9)6(5(13)2-3)16(14,15)7(10,11)12/h1-2H,13H2. The van der Waals surface area contributed by atoms with Gasteiger partial charge in [0.25, 0.3) is 9.84 Å². The zero-order chi connectivity index (χ0) is 12.7. The summed E-state index contributed by atoms with van der Waals surface area (Å²) in [4.78, 5) is -1.76. The smallest absolute Gasteiger partial charge is 0.397 e. The monoisotopic (exact) mass is 261 g/mol. The molecule has 0 amide bonds. The summed E-state index contributed by atoms with van der Waals surface area (Å²) < 4.78 is 83.3. The highest BCUT2D eigenvalue weighted by atomic mass is 32.2. The van der Waals surface area contributed by atoms with Gasteiger partial charge in [0.1, 0.15) is 16.5 Å². The number of halogens is 5. The molecule has 9 heteroatoms. The Morgan fingerprint density at radius 2 is 1.62 bits per heavy atom. The lowest BCUT2D eigenvalue weighted by Gasteiger charge is -2.11. The fourth-order valence-corrected chi connectivity index (χ4v) is 1.90. The number of hydrogen-bond donors (Lipinski definition) is 1. The number of sulfone groups is 1. The van der Waals surface area contributed by atoms with Gasteiger partial charge in [0.2, 0.25) is 0 Å². The molecule has 0 radical (unpaired) electrons. The van der Waals surface area contributed by atoms with E-state index in [0.717, 1.165) is 0 Å². The maximum Gasteiger partial charge on any atom is 0.502 e. The van der Waals surface area contributed by atoms with Crippen molar-refractivity contribution >= 4 is 15.5 Å². The molecule has 0 spiro atoms. The second-order valence-corrected chi connectivity index (χ2v) is 4.63. The van der Waals surface area contributed by atoms with E-state index in [-0.39, 0.29) is 6.07 Å². The quantitative estimate of drug-likeness (QED) is 0.476. The molecule has 16 heavy (non-hydrogen) atoms. The lowest BCUT2D eigenvalue weighted by molar-refractivity contribution is -0.0437. The van der Waals surface area contributed by atoms with E-state index in [1.165, 1.54) is 0 Å². The van der Waals surface area contributed by atoms with Crippen LogP contribution in [0.25, 0.3) is 0 Å². The zero-order valence-corrected chi connectivity index (χ0v) is 8.16. The third-order valence-corrected chi connectivity index (χ3v) is 3.19. The summed E-state index contributed by atoms with van der Waals surface area (Å²) in [5, 5.41) is 0. The maximum atomic E-state index is 12.9. The van der Waals surface area contributed by atoms with Gasteiger partial charge >= 0.3 is 5.51 Å². The molecule has 0 atom stereocenters. The van der Waals surface area contributed by atoms with Crippen LogP contribution in [0.1, 0.15) is 0 Å². The molecule has 0 aliphatic carbocycles. The minimum Gasteiger partial charge on any atom is -0.397 e. The van der Waals surface area contributed by atoms with Gasteiger partial charge in [-0.05, 0) is 6.07 Å².